The van der Waals surface area contributed by atoms with Crippen LogP contribution in [0.3, 0.4) is 0 Å². The van der Waals surface area contributed by atoms with Crippen LogP contribution in [0.15, 0.2) is 69.1 Å². The highest BCUT2D eigenvalue weighted by molar-refractivity contribution is 8.04. The monoisotopic (exact) mass is 498 g/mol. The van der Waals surface area contributed by atoms with Crippen LogP contribution in [-0.4, -0.2) is 38.3 Å². The largest absolute Gasteiger partial charge is 0.496 e. The molecular formula is C22H15ClN4O6S. The number of nitro benzene ring substituents is 1. The summed E-state index contributed by atoms with van der Waals surface area (Å²) in [5, 5.41) is 28.4. The van der Waals surface area contributed by atoms with E-state index in [9.17, 15) is 20.0 Å². The van der Waals surface area contributed by atoms with Gasteiger partial charge in [0.1, 0.15) is 22.2 Å². The molecule has 4 rings (SSSR count). The fraction of sp³-hybridized carbons (Fsp3) is 0.0455. The predicted molar refractivity (Wildman–Crippen MR) is 126 cm³/mol. The van der Waals surface area contributed by atoms with Crippen molar-refractivity contribution in [2.45, 2.75) is 5.16 Å². The van der Waals surface area contributed by atoms with Crippen molar-refractivity contribution in [1.82, 2.24) is 15.2 Å². The van der Waals surface area contributed by atoms with Crippen LogP contribution in [0.1, 0.15) is 5.76 Å². The first-order chi connectivity index (χ1) is 16.4. The van der Waals surface area contributed by atoms with Gasteiger partial charge in [-0.2, -0.15) is 0 Å². The maximum atomic E-state index is 11.8. The van der Waals surface area contributed by atoms with E-state index >= 15 is 0 Å². The SMILES string of the molecule is COc1ccc(Cl)cc1-c1nc(S/C(=C\c2ccc(-c3ccccc3[N+](=O)[O-])o2)C(=O)O)n[nH]1. The number of halogens is 1. The molecule has 10 nitrogen and oxygen atoms in total. The minimum absolute atomic E-state index is 0.118. The molecule has 12 heteroatoms. The first-order valence-electron chi connectivity index (χ1n) is 9.58. The third-order valence-electron chi connectivity index (χ3n) is 4.56. The van der Waals surface area contributed by atoms with E-state index in [0.29, 0.717) is 22.2 Å². The van der Waals surface area contributed by atoms with Crippen LogP contribution in [0, 0.1) is 10.1 Å². The van der Waals surface area contributed by atoms with E-state index in [1.54, 1.807) is 36.4 Å². The Labute approximate surface area is 201 Å². The zero-order valence-electron chi connectivity index (χ0n) is 17.4. The van der Waals surface area contributed by atoms with Crippen molar-refractivity contribution in [2.75, 3.05) is 7.11 Å². The van der Waals surface area contributed by atoms with E-state index in [4.69, 9.17) is 20.8 Å². The highest BCUT2D eigenvalue weighted by atomic mass is 35.5. The molecule has 0 spiro atoms. The van der Waals surface area contributed by atoms with Gasteiger partial charge in [-0.3, -0.25) is 15.2 Å². The Morgan fingerprint density at radius 3 is 2.76 bits per heavy atom. The Bertz CT molecular complexity index is 1410. The van der Waals surface area contributed by atoms with Gasteiger partial charge < -0.3 is 14.3 Å². The minimum atomic E-state index is -1.22. The molecule has 34 heavy (non-hydrogen) atoms. The molecule has 0 aliphatic heterocycles. The van der Waals surface area contributed by atoms with Crippen LogP contribution in [0.4, 0.5) is 5.69 Å². The predicted octanol–water partition coefficient (Wildman–Crippen LogP) is 5.52. The van der Waals surface area contributed by atoms with Crippen molar-refractivity contribution in [3.63, 3.8) is 0 Å². The lowest BCUT2D eigenvalue weighted by atomic mass is 10.1. The molecule has 0 aliphatic rings. The zero-order valence-corrected chi connectivity index (χ0v) is 19.0. The first-order valence-corrected chi connectivity index (χ1v) is 10.8. The number of hydrogen-bond donors (Lipinski definition) is 2. The number of H-pyrrole nitrogens is 1. The van der Waals surface area contributed by atoms with Crippen LogP contribution >= 0.6 is 23.4 Å². The minimum Gasteiger partial charge on any atom is -0.496 e. The number of para-hydroxylation sites is 1. The number of ether oxygens (including phenoxy) is 1. The molecule has 2 heterocycles. The fourth-order valence-electron chi connectivity index (χ4n) is 3.06. The molecule has 0 saturated heterocycles. The highest BCUT2D eigenvalue weighted by Crippen LogP contribution is 2.34. The molecule has 4 aromatic rings. The van der Waals surface area contributed by atoms with Crippen molar-refractivity contribution in [2.24, 2.45) is 0 Å². The maximum Gasteiger partial charge on any atom is 0.342 e. The molecule has 2 N–H and O–H groups in total. The van der Waals surface area contributed by atoms with Gasteiger partial charge in [0, 0.05) is 17.2 Å². The number of nitrogens with zero attached hydrogens (tertiary/aromatic N) is 3. The summed E-state index contributed by atoms with van der Waals surface area (Å²) in [5.74, 6) is 0.0830. The molecule has 2 aromatic heterocycles. The average Bonchev–Trinajstić information content (AvgIpc) is 3.48. The van der Waals surface area contributed by atoms with Gasteiger partial charge in [0.25, 0.3) is 5.69 Å². The van der Waals surface area contributed by atoms with Gasteiger partial charge in [0.15, 0.2) is 5.82 Å². The van der Waals surface area contributed by atoms with Gasteiger partial charge in [-0.05, 0) is 48.2 Å². The molecule has 2 aromatic carbocycles. The van der Waals surface area contributed by atoms with Crippen LogP contribution in [0.5, 0.6) is 5.75 Å². The third kappa shape index (κ3) is 4.95. The van der Waals surface area contributed by atoms with E-state index in [1.165, 1.54) is 31.4 Å². The molecule has 172 valence electrons. The van der Waals surface area contributed by atoms with Gasteiger partial charge in [0.2, 0.25) is 5.16 Å². The van der Waals surface area contributed by atoms with E-state index in [2.05, 4.69) is 15.2 Å². The number of aromatic nitrogens is 3. The molecule has 0 bridgehead atoms. The summed E-state index contributed by atoms with van der Waals surface area (Å²) in [7, 11) is 1.51. The molecule has 0 unspecified atom stereocenters. The molecule has 0 amide bonds. The topological polar surface area (TPSA) is 144 Å². The van der Waals surface area contributed by atoms with Crippen LogP contribution in [0.2, 0.25) is 5.02 Å². The van der Waals surface area contributed by atoms with E-state index in [-0.39, 0.29) is 32.8 Å². The standard InChI is InChI=1S/C22H15ClN4O6S/c1-32-17-8-6-12(23)10-15(17)20-24-22(26-25-20)34-19(21(28)29)11-13-7-9-18(33-13)14-4-2-3-5-16(14)27(30)31/h2-11H,1H3,(H,28,29)(H,24,25,26)/b19-11-. The summed E-state index contributed by atoms with van der Waals surface area (Å²) in [6.07, 6.45) is 1.29. The molecule has 0 atom stereocenters. The van der Waals surface area contributed by atoms with Gasteiger partial charge in [-0.25, -0.2) is 9.78 Å². The Morgan fingerprint density at radius 2 is 2.03 bits per heavy atom. The highest BCUT2D eigenvalue weighted by Gasteiger charge is 2.19. The lowest BCUT2D eigenvalue weighted by Crippen LogP contribution is -1.97. The third-order valence-corrected chi connectivity index (χ3v) is 5.67. The van der Waals surface area contributed by atoms with Gasteiger partial charge in [-0.1, -0.05) is 23.7 Å². The second kappa shape index (κ2) is 9.81. The lowest BCUT2D eigenvalue weighted by Gasteiger charge is -2.05. The number of aromatic amines is 1. The number of carbonyl (C=O) groups is 1. The summed E-state index contributed by atoms with van der Waals surface area (Å²) >= 11 is 6.87. The zero-order chi connectivity index (χ0) is 24.2. The van der Waals surface area contributed by atoms with E-state index < -0.39 is 10.9 Å². The molecule has 0 saturated carbocycles. The number of aliphatic carboxylic acids is 1. The van der Waals surface area contributed by atoms with Crippen molar-refractivity contribution < 1.29 is 24.0 Å². The first kappa shape index (κ1) is 23.1. The molecular weight excluding hydrogens is 484 g/mol. The van der Waals surface area contributed by atoms with E-state index in [0.717, 1.165) is 11.8 Å². The second-order valence-electron chi connectivity index (χ2n) is 6.70. The summed E-state index contributed by atoms with van der Waals surface area (Å²) in [6, 6.07) is 14.2. The smallest absolute Gasteiger partial charge is 0.342 e. The second-order valence-corrected chi connectivity index (χ2v) is 8.15. The lowest BCUT2D eigenvalue weighted by molar-refractivity contribution is -0.384. The van der Waals surface area contributed by atoms with Crippen molar-refractivity contribution >= 4 is 41.1 Å². The quantitative estimate of drug-likeness (QED) is 0.139. The number of nitro groups is 1. The number of benzene rings is 2. The van der Waals surface area contributed by atoms with Crippen molar-refractivity contribution in [3.8, 4) is 28.5 Å². The summed E-state index contributed by atoms with van der Waals surface area (Å²) in [4.78, 5) is 26.8. The van der Waals surface area contributed by atoms with Gasteiger partial charge >= 0.3 is 5.97 Å². The van der Waals surface area contributed by atoms with Crippen LogP contribution in [0.25, 0.3) is 28.8 Å². The van der Waals surface area contributed by atoms with Crippen molar-refractivity contribution in [1.29, 1.82) is 0 Å². The van der Waals surface area contributed by atoms with Crippen LogP contribution in [-0.2, 0) is 4.79 Å². The summed E-state index contributed by atoms with van der Waals surface area (Å²) in [6.45, 7) is 0. The number of thioether (sulfide) groups is 1. The maximum absolute atomic E-state index is 11.8. The number of furan rings is 1. The Hall–Kier alpha value is -4.09. The summed E-state index contributed by atoms with van der Waals surface area (Å²) in [5.41, 5.74) is 0.728. The molecule has 0 aliphatic carbocycles. The number of hydrogen-bond acceptors (Lipinski definition) is 8. The number of carboxylic acid groups (broad SMARTS) is 1. The Balaban J connectivity index is 1.61. The number of nitrogens with one attached hydrogen (secondary N) is 1. The summed E-state index contributed by atoms with van der Waals surface area (Å²) < 4.78 is 11.0. The van der Waals surface area contributed by atoms with Crippen molar-refractivity contribution in [3.05, 3.63) is 80.4 Å². The number of methoxy groups -OCH3 is 1. The van der Waals surface area contributed by atoms with Crippen LogP contribution < -0.4 is 4.74 Å². The Morgan fingerprint density at radius 1 is 1.24 bits per heavy atom. The molecule has 0 radical (unpaired) electrons. The fourth-order valence-corrected chi connectivity index (χ4v) is 3.92. The normalized spacial score (nSPS) is 11.4. The average molecular weight is 499 g/mol. The van der Waals surface area contributed by atoms with Gasteiger partial charge in [0.05, 0.1) is 23.2 Å². The molecule has 0 fully saturated rings. The van der Waals surface area contributed by atoms with E-state index in [1.807, 2.05) is 0 Å². The van der Waals surface area contributed by atoms with Gasteiger partial charge in [-0.15, -0.1) is 5.10 Å². The number of carboxylic acids is 1. The number of rotatable bonds is 8. The Kier molecular flexibility index (Phi) is 6.66.